The molecule has 0 aromatic heterocycles. The van der Waals surface area contributed by atoms with E-state index in [9.17, 15) is 14.4 Å². The molecule has 1 aromatic carbocycles. The van der Waals surface area contributed by atoms with Gasteiger partial charge in [0.15, 0.2) is 5.12 Å². The number of nitrogens with one attached hydrogen (secondary N) is 1. The Hall–Kier alpha value is -2.08. The fourth-order valence-electron chi connectivity index (χ4n) is 1.44. The number of carboxylic acid groups (broad SMARTS) is 1. The predicted octanol–water partition coefficient (Wildman–Crippen LogP) is 1.79. The van der Waals surface area contributed by atoms with Gasteiger partial charge in [0.1, 0.15) is 6.54 Å². The number of aliphatic carboxylic acids is 1. The largest absolute Gasteiger partial charge is 0.480 e. The van der Waals surface area contributed by atoms with Crippen molar-refractivity contribution in [3.63, 3.8) is 0 Å². The quantitative estimate of drug-likeness (QED) is 0.835. The third-order valence-corrected chi connectivity index (χ3v) is 3.05. The Kier molecular flexibility index (Phi) is 6.52. The van der Waals surface area contributed by atoms with Crippen LogP contribution >= 0.6 is 11.8 Å². The number of benzene rings is 1. The van der Waals surface area contributed by atoms with E-state index in [0.717, 1.165) is 0 Å². The van der Waals surface area contributed by atoms with E-state index in [1.54, 1.807) is 36.4 Å². The Bertz CT molecular complexity index is 540. The van der Waals surface area contributed by atoms with Gasteiger partial charge in [-0.05, 0) is 11.6 Å². The summed E-state index contributed by atoms with van der Waals surface area (Å²) in [6.45, 7) is 1.07. The number of carbonyl (C=O) groups excluding carboxylic acids is 2. The first-order valence-electron chi connectivity index (χ1n) is 5.89. The van der Waals surface area contributed by atoms with E-state index in [1.807, 2.05) is 0 Å². The van der Waals surface area contributed by atoms with E-state index in [1.165, 1.54) is 18.7 Å². The predicted molar refractivity (Wildman–Crippen MR) is 78.6 cm³/mol. The molecule has 20 heavy (non-hydrogen) atoms. The van der Waals surface area contributed by atoms with Crippen LogP contribution in [0, 0.1) is 0 Å². The molecule has 6 heteroatoms. The van der Waals surface area contributed by atoms with Gasteiger partial charge in [-0.1, -0.05) is 42.1 Å². The lowest BCUT2D eigenvalue weighted by Gasteiger charge is -2.05. The zero-order valence-corrected chi connectivity index (χ0v) is 11.8. The first kappa shape index (κ1) is 16.0. The Morgan fingerprint density at radius 3 is 2.65 bits per heavy atom. The van der Waals surface area contributed by atoms with Gasteiger partial charge in [-0.25, -0.2) is 0 Å². The molecule has 0 saturated heterocycles. The van der Waals surface area contributed by atoms with Gasteiger partial charge in [0.05, 0.1) is 0 Å². The molecule has 0 aliphatic heterocycles. The topological polar surface area (TPSA) is 83.5 Å². The Morgan fingerprint density at radius 1 is 1.30 bits per heavy atom. The van der Waals surface area contributed by atoms with Crippen molar-refractivity contribution >= 4 is 34.8 Å². The smallest absolute Gasteiger partial charge is 0.322 e. The number of carboxylic acids is 1. The van der Waals surface area contributed by atoms with Crippen LogP contribution in [-0.4, -0.2) is 34.4 Å². The van der Waals surface area contributed by atoms with E-state index in [2.05, 4.69) is 5.32 Å². The van der Waals surface area contributed by atoms with Crippen molar-refractivity contribution in [2.24, 2.45) is 0 Å². The van der Waals surface area contributed by atoms with Crippen LogP contribution in [0.2, 0.25) is 0 Å². The number of thioether (sulfide) groups is 1. The lowest BCUT2D eigenvalue weighted by molar-refractivity contribution is -0.135. The summed E-state index contributed by atoms with van der Waals surface area (Å²) >= 11 is 1.17. The summed E-state index contributed by atoms with van der Waals surface area (Å²) in [6, 6.07) is 6.86. The van der Waals surface area contributed by atoms with Gasteiger partial charge in [-0.2, -0.15) is 0 Å². The lowest BCUT2D eigenvalue weighted by Crippen LogP contribution is -2.29. The molecule has 1 amide bonds. The van der Waals surface area contributed by atoms with Crippen molar-refractivity contribution in [2.75, 3.05) is 12.3 Å². The summed E-state index contributed by atoms with van der Waals surface area (Å²) in [7, 11) is 0. The first-order valence-corrected chi connectivity index (χ1v) is 6.88. The molecule has 1 aromatic rings. The lowest BCUT2D eigenvalue weighted by atomic mass is 10.1. The van der Waals surface area contributed by atoms with Gasteiger partial charge in [-0.15, -0.1) is 0 Å². The molecule has 5 nitrogen and oxygen atoms in total. The molecular weight excluding hydrogens is 278 g/mol. The molecule has 0 aliphatic carbocycles. The normalized spacial score (nSPS) is 10.4. The maximum atomic E-state index is 11.8. The highest BCUT2D eigenvalue weighted by molar-refractivity contribution is 8.13. The molecule has 0 radical (unpaired) electrons. The van der Waals surface area contributed by atoms with Crippen LogP contribution in [0.25, 0.3) is 6.08 Å². The third-order valence-electron chi connectivity index (χ3n) is 2.29. The maximum Gasteiger partial charge on any atom is 0.322 e. The second kappa shape index (κ2) is 8.16. The molecule has 0 spiro atoms. The molecule has 0 unspecified atom stereocenters. The summed E-state index contributed by atoms with van der Waals surface area (Å²) in [4.78, 5) is 33.1. The number of hydrogen-bond acceptors (Lipinski definition) is 4. The number of rotatable bonds is 6. The highest BCUT2D eigenvalue weighted by Gasteiger charge is 2.09. The highest BCUT2D eigenvalue weighted by Crippen LogP contribution is 2.12. The summed E-state index contributed by atoms with van der Waals surface area (Å²) in [5, 5.41) is 10.9. The summed E-state index contributed by atoms with van der Waals surface area (Å²) < 4.78 is 0. The summed E-state index contributed by atoms with van der Waals surface area (Å²) in [6.07, 6.45) is 3.53. The molecule has 2 N–H and O–H groups in total. The van der Waals surface area contributed by atoms with Crippen molar-refractivity contribution in [2.45, 2.75) is 6.92 Å². The fraction of sp³-hybridized carbons (Fsp3) is 0.214. The van der Waals surface area contributed by atoms with E-state index in [-0.39, 0.29) is 5.12 Å². The molecule has 0 saturated carbocycles. The van der Waals surface area contributed by atoms with Crippen LogP contribution in [0.3, 0.4) is 0 Å². The van der Waals surface area contributed by atoms with Gasteiger partial charge < -0.3 is 10.4 Å². The molecule has 0 aliphatic rings. The van der Waals surface area contributed by atoms with Crippen LogP contribution in [0.4, 0.5) is 0 Å². The first-order chi connectivity index (χ1) is 9.50. The van der Waals surface area contributed by atoms with Gasteiger partial charge >= 0.3 is 5.97 Å². The molecule has 1 rings (SSSR count). The fourth-order valence-corrected chi connectivity index (χ4v) is 1.87. The third kappa shape index (κ3) is 5.71. The Labute approximate surface area is 121 Å². The molecule has 106 valence electrons. The highest BCUT2D eigenvalue weighted by atomic mass is 32.2. The van der Waals surface area contributed by atoms with Crippen LogP contribution < -0.4 is 5.32 Å². The second-order valence-electron chi connectivity index (χ2n) is 3.87. The number of hydrogen-bond donors (Lipinski definition) is 2. The van der Waals surface area contributed by atoms with E-state index in [0.29, 0.717) is 16.9 Å². The van der Waals surface area contributed by atoms with Gasteiger partial charge in [0, 0.05) is 18.2 Å². The molecule has 0 bridgehead atoms. The van der Waals surface area contributed by atoms with Crippen LogP contribution in [0.15, 0.2) is 30.3 Å². The average Bonchev–Trinajstić information content (AvgIpc) is 2.41. The number of amides is 1. The van der Waals surface area contributed by atoms with Crippen molar-refractivity contribution < 1.29 is 19.5 Å². The average molecular weight is 293 g/mol. The Balaban J connectivity index is 2.74. The van der Waals surface area contributed by atoms with Crippen molar-refractivity contribution in [3.8, 4) is 0 Å². The molecule has 0 heterocycles. The minimum atomic E-state index is -1.09. The standard InChI is InChI=1S/C14H15NO4S/c1-10(16)20-8-4-6-11-5-2-3-7-12(11)14(19)15-9-13(17)18/h2-7H,8-9H2,1H3,(H,15,19)(H,17,18). The minimum Gasteiger partial charge on any atom is -0.480 e. The van der Waals surface area contributed by atoms with E-state index in [4.69, 9.17) is 5.11 Å². The molecule has 0 fully saturated rings. The molecular formula is C14H15NO4S. The van der Waals surface area contributed by atoms with E-state index >= 15 is 0 Å². The Morgan fingerprint density at radius 2 is 2.00 bits per heavy atom. The minimum absolute atomic E-state index is 0.0298. The zero-order valence-electron chi connectivity index (χ0n) is 11.0. The monoisotopic (exact) mass is 293 g/mol. The van der Waals surface area contributed by atoms with Crippen LogP contribution in [0.5, 0.6) is 0 Å². The summed E-state index contributed by atoms with van der Waals surface area (Å²) in [5.74, 6) is -1.00. The van der Waals surface area contributed by atoms with Gasteiger partial charge in [0.25, 0.3) is 5.91 Å². The van der Waals surface area contributed by atoms with E-state index < -0.39 is 18.4 Å². The maximum absolute atomic E-state index is 11.8. The second-order valence-corrected chi connectivity index (χ2v) is 5.07. The van der Waals surface area contributed by atoms with Gasteiger partial charge in [-0.3, -0.25) is 14.4 Å². The van der Waals surface area contributed by atoms with Crippen molar-refractivity contribution in [1.82, 2.24) is 5.32 Å². The molecule has 0 atom stereocenters. The number of carbonyl (C=O) groups is 3. The van der Waals surface area contributed by atoms with Gasteiger partial charge in [0.2, 0.25) is 0 Å². The van der Waals surface area contributed by atoms with Crippen LogP contribution in [0.1, 0.15) is 22.8 Å². The zero-order chi connectivity index (χ0) is 15.0. The van der Waals surface area contributed by atoms with Crippen molar-refractivity contribution in [1.29, 1.82) is 0 Å². The summed E-state index contributed by atoms with van der Waals surface area (Å²) in [5.41, 5.74) is 1.08. The van der Waals surface area contributed by atoms with Crippen molar-refractivity contribution in [3.05, 3.63) is 41.5 Å². The van der Waals surface area contributed by atoms with Crippen LogP contribution in [-0.2, 0) is 9.59 Å². The SMILES string of the molecule is CC(=O)SCC=Cc1ccccc1C(=O)NCC(=O)O.